The number of aliphatic hydroxyl groups excluding tert-OH is 1. The van der Waals surface area contributed by atoms with Crippen molar-refractivity contribution in [3.63, 3.8) is 0 Å². The fraction of sp³-hybridized carbons (Fsp3) is 0.500. The molecule has 1 aliphatic heterocycles. The minimum Gasteiger partial charge on any atom is -0.495 e. The number of benzene rings is 1. The van der Waals surface area contributed by atoms with Crippen LogP contribution in [0.4, 0.5) is 0 Å². The molecule has 1 aliphatic rings. The van der Waals surface area contributed by atoms with E-state index in [1.807, 2.05) is 12.1 Å². The Kier molecular flexibility index (Phi) is 3.58. The zero-order valence-corrected chi connectivity index (χ0v) is 10.4. The lowest BCUT2D eigenvalue weighted by atomic mass is 9.74. The standard InChI is InChI=1S/C12H16ClNO3/c1-16-10-3-2-8(4-9(10)13)12(6-17-7-12)11(15)5-14/h2-4,11,15H,5-7,14H2,1H3. The number of nitrogens with two attached hydrogens (primary N) is 1. The molecule has 2 rings (SSSR count). The molecule has 1 saturated heterocycles. The van der Waals surface area contributed by atoms with Crippen LogP contribution in [0, 0.1) is 0 Å². The van der Waals surface area contributed by atoms with Gasteiger partial charge in [0.25, 0.3) is 0 Å². The molecule has 1 fully saturated rings. The predicted octanol–water partition coefficient (Wildman–Crippen LogP) is 0.936. The maximum Gasteiger partial charge on any atom is 0.137 e. The van der Waals surface area contributed by atoms with Gasteiger partial charge in [0, 0.05) is 6.54 Å². The molecule has 0 radical (unpaired) electrons. The maximum absolute atomic E-state index is 10.0. The van der Waals surface area contributed by atoms with Crippen LogP contribution in [0.5, 0.6) is 5.75 Å². The molecule has 5 heteroatoms. The number of ether oxygens (including phenoxy) is 2. The summed E-state index contributed by atoms with van der Waals surface area (Å²) < 4.78 is 10.3. The summed E-state index contributed by atoms with van der Waals surface area (Å²) in [6.07, 6.45) is -0.624. The van der Waals surface area contributed by atoms with Crippen molar-refractivity contribution in [2.45, 2.75) is 11.5 Å². The monoisotopic (exact) mass is 257 g/mol. The van der Waals surface area contributed by atoms with Crippen LogP contribution in [0.15, 0.2) is 18.2 Å². The van der Waals surface area contributed by atoms with E-state index in [2.05, 4.69) is 0 Å². The Labute approximate surface area is 105 Å². The van der Waals surface area contributed by atoms with Crippen LogP contribution >= 0.6 is 11.6 Å². The number of rotatable bonds is 4. The maximum atomic E-state index is 10.0. The van der Waals surface area contributed by atoms with Crippen molar-refractivity contribution in [3.05, 3.63) is 28.8 Å². The Bertz CT molecular complexity index is 407. The van der Waals surface area contributed by atoms with Gasteiger partial charge in [-0.3, -0.25) is 0 Å². The molecule has 1 aromatic carbocycles. The van der Waals surface area contributed by atoms with Crippen molar-refractivity contribution < 1.29 is 14.6 Å². The molecule has 0 amide bonds. The smallest absolute Gasteiger partial charge is 0.137 e. The van der Waals surface area contributed by atoms with Gasteiger partial charge >= 0.3 is 0 Å². The fourth-order valence-electron chi connectivity index (χ4n) is 2.08. The molecule has 0 bridgehead atoms. The molecule has 4 nitrogen and oxygen atoms in total. The molecular formula is C12H16ClNO3. The third kappa shape index (κ3) is 2.02. The van der Waals surface area contributed by atoms with E-state index in [-0.39, 0.29) is 6.54 Å². The van der Waals surface area contributed by atoms with E-state index >= 15 is 0 Å². The highest BCUT2D eigenvalue weighted by atomic mass is 35.5. The van der Waals surface area contributed by atoms with Gasteiger partial charge in [-0.2, -0.15) is 0 Å². The van der Waals surface area contributed by atoms with Crippen molar-refractivity contribution in [1.29, 1.82) is 0 Å². The van der Waals surface area contributed by atoms with E-state index in [9.17, 15) is 5.11 Å². The lowest BCUT2D eigenvalue weighted by molar-refractivity contribution is -0.116. The Balaban J connectivity index is 2.35. The summed E-state index contributed by atoms with van der Waals surface area (Å²) in [5.41, 5.74) is 6.05. The highest BCUT2D eigenvalue weighted by Gasteiger charge is 2.46. The highest BCUT2D eigenvalue weighted by Crippen LogP contribution is 2.38. The van der Waals surface area contributed by atoms with Gasteiger partial charge in [-0.1, -0.05) is 17.7 Å². The number of hydrogen-bond acceptors (Lipinski definition) is 4. The first-order valence-corrected chi connectivity index (χ1v) is 5.82. The summed E-state index contributed by atoms with van der Waals surface area (Å²) in [5.74, 6) is 0.619. The van der Waals surface area contributed by atoms with Crippen LogP contribution in [-0.4, -0.2) is 38.1 Å². The van der Waals surface area contributed by atoms with Gasteiger partial charge in [-0.15, -0.1) is 0 Å². The molecule has 1 aromatic rings. The summed E-state index contributed by atoms with van der Waals surface area (Å²) >= 11 is 6.09. The second-order valence-corrected chi connectivity index (χ2v) is 4.66. The normalized spacial score (nSPS) is 19.5. The fourth-order valence-corrected chi connectivity index (χ4v) is 2.33. The Morgan fingerprint density at radius 2 is 2.29 bits per heavy atom. The average molecular weight is 258 g/mol. The van der Waals surface area contributed by atoms with Crippen molar-refractivity contribution >= 4 is 11.6 Å². The number of hydrogen-bond donors (Lipinski definition) is 2. The van der Waals surface area contributed by atoms with E-state index < -0.39 is 11.5 Å². The lowest BCUT2D eigenvalue weighted by Gasteiger charge is -2.45. The Morgan fingerprint density at radius 1 is 1.59 bits per heavy atom. The van der Waals surface area contributed by atoms with Crippen LogP contribution in [-0.2, 0) is 10.2 Å². The third-order valence-corrected chi connectivity index (χ3v) is 3.60. The Hall–Kier alpha value is -0.810. The quantitative estimate of drug-likeness (QED) is 0.843. The van der Waals surface area contributed by atoms with Gasteiger partial charge < -0.3 is 20.3 Å². The average Bonchev–Trinajstić information content (AvgIpc) is 2.27. The zero-order chi connectivity index (χ0) is 12.5. The summed E-state index contributed by atoms with van der Waals surface area (Å²) in [5, 5.41) is 10.5. The molecule has 0 aliphatic carbocycles. The van der Waals surface area contributed by atoms with Gasteiger partial charge in [0.05, 0.1) is 36.9 Å². The molecule has 17 heavy (non-hydrogen) atoms. The minimum atomic E-state index is -0.624. The van der Waals surface area contributed by atoms with Crippen LogP contribution in [0.1, 0.15) is 5.56 Å². The zero-order valence-electron chi connectivity index (χ0n) is 9.65. The second kappa shape index (κ2) is 4.82. The van der Waals surface area contributed by atoms with Crippen molar-refractivity contribution in [1.82, 2.24) is 0 Å². The van der Waals surface area contributed by atoms with Crippen molar-refractivity contribution in [3.8, 4) is 5.75 Å². The van der Waals surface area contributed by atoms with Crippen molar-refractivity contribution in [2.75, 3.05) is 26.9 Å². The first-order chi connectivity index (χ1) is 8.14. The Morgan fingerprint density at radius 3 is 2.71 bits per heavy atom. The van der Waals surface area contributed by atoms with Gasteiger partial charge in [0.2, 0.25) is 0 Å². The molecule has 1 unspecified atom stereocenters. The summed E-state index contributed by atoms with van der Waals surface area (Å²) in [7, 11) is 1.57. The molecule has 0 saturated carbocycles. The molecule has 1 heterocycles. The van der Waals surface area contributed by atoms with Gasteiger partial charge in [0.1, 0.15) is 5.75 Å². The number of halogens is 1. The van der Waals surface area contributed by atoms with Gasteiger partial charge in [-0.25, -0.2) is 0 Å². The van der Waals surface area contributed by atoms with Gasteiger partial charge in [0.15, 0.2) is 0 Å². The second-order valence-electron chi connectivity index (χ2n) is 4.25. The third-order valence-electron chi connectivity index (χ3n) is 3.31. The van der Waals surface area contributed by atoms with Crippen LogP contribution in [0.3, 0.4) is 0 Å². The van der Waals surface area contributed by atoms with E-state index in [1.165, 1.54) is 0 Å². The van der Waals surface area contributed by atoms with Gasteiger partial charge in [-0.05, 0) is 17.7 Å². The molecule has 3 N–H and O–H groups in total. The predicted molar refractivity (Wildman–Crippen MR) is 65.6 cm³/mol. The topological polar surface area (TPSA) is 64.7 Å². The molecule has 0 aromatic heterocycles. The molecular weight excluding hydrogens is 242 g/mol. The van der Waals surface area contributed by atoms with E-state index in [0.717, 1.165) is 5.56 Å². The van der Waals surface area contributed by atoms with E-state index in [1.54, 1.807) is 13.2 Å². The van der Waals surface area contributed by atoms with Crippen molar-refractivity contribution in [2.24, 2.45) is 5.73 Å². The molecule has 0 spiro atoms. The summed E-state index contributed by atoms with van der Waals surface area (Å²) in [6.45, 7) is 1.13. The minimum absolute atomic E-state index is 0.201. The molecule has 94 valence electrons. The first-order valence-electron chi connectivity index (χ1n) is 5.44. The number of methoxy groups -OCH3 is 1. The lowest BCUT2D eigenvalue weighted by Crippen LogP contribution is -2.57. The number of aliphatic hydroxyl groups is 1. The summed E-state index contributed by atoms with van der Waals surface area (Å²) in [6, 6.07) is 5.49. The van der Waals surface area contributed by atoms with Crippen LogP contribution in [0.2, 0.25) is 5.02 Å². The van der Waals surface area contributed by atoms with Crippen LogP contribution < -0.4 is 10.5 Å². The van der Waals surface area contributed by atoms with E-state index in [0.29, 0.717) is 24.0 Å². The highest BCUT2D eigenvalue weighted by molar-refractivity contribution is 6.32. The molecule has 1 atom stereocenters. The van der Waals surface area contributed by atoms with Crippen LogP contribution in [0.25, 0.3) is 0 Å². The SMILES string of the molecule is COc1ccc(C2(C(O)CN)COC2)cc1Cl. The van der Waals surface area contributed by atoms with E-state index in [4.69, 9.17) is 26.8 Å². The summed E-state index contributed by atoms with van der Waals surface area (Å²) in [4.78, 5) is 0. The first kappa shape index (κ1) is 12.6. The largest absolute Gasteiger partial charge is 0.495 e.